The number of rotatable bonds is 4. The van der Waals surface area contributed by atoms with E-state index in [0.717, 1.165) is 11.4 Å². The molecule has 1 nitrogen and oxygen atoms in total. The highest BCUT2D eigenvalue weighted by Crippen LogP contribution is 2.43. The molecular formula is C50H33NS2Si. The Morgan fingerprint density at radius 3 is 1.48 bits per heavy atom. The molecule has 4 heteroatoms. The van der Waals surface area contributed by atoms with Crippen molar-refractivity contribution < 1.29 is 0 Å². The van der Waals surface area contributed by atoms with Gasteiger partial charge in [-0.1, -0.05) is 169 Å². The maximum absolute atomic E-state index is 2.57. The molecule has 0 fully saturated rings. The fourth-order valence-electron chi connectivity index (χ4n) is 8.83. The van der Waals surface area contributed by atoms with E-state index in [1.807, 2.05) is 23.5 Å². The Bertz CT molecular complexity index is 2840. The minimum Gasteiger partial charge on any atom is -0.310 e. The van der Waals surface area contributed by atoms with E-state index < -0.39 is 8.07 Å². The molecule has 0 aromatic heterocycles. The van der Waals surface area contributed by atoms with Crippen molar-refractivity contribution in [2.45, 2.75) is 19.6 Å². The molecule has 54 heavy (non-hydrogen) atoms. The zero-order valence-electron chi connectivity index (χ0n) is 29.3. The SMILES string of the molecule is c1ccc(N(c2ccc(-c3ccc4c(c3)Sc3ccccc3[Si]43c4ccccc4Sc4ccccc43)cc2)c2cc3ccccc3c3ccccc23)cc1. The van der Waals surface area contributed by atoms with Gasteiger partial charge in [-0.3, -0.25) is 0 Å². The summed E-state index contributed by atoms with van der Waals surface area (Å²) in [5.74, 6) is 0. The van der Waals surface area contributed by atoms with E-state index in [4.69, 9.17) is 0 Å². The van der Waals surface area contributed by atoms with Crippen molar-refractivity contribution in [2.24, 2.45) is 0 Å². The van der Waals surface area contributed by atoms with Gasteiger partial charge >= 0.3 is 0 Å². The smallest absolute Gasteiger partial charge is 0.184 e. The van der Waals surface area contributed by atoms with Crippen LogP contribution in [0.25, 0.3) is 32.7 Å². The van der Waals surface area contributed by atoms with Crippen LogP contribution in [0.15, 0.2) is 220 Å². The van der Waals surface area contributed by atoms with E-state index in [-0.39, 0.29) is 0 Å². The van der Waals surface area contributed by atoms with Crippen LogP contribution in [0.1, 0.15) is 0 Å². The Hall–Kier alpha value is -5.78. The first-order chi connectivity index (χ1) is 26.8. The van der Waals surface area contributed by atoms with Crippen molar-refractivity contribution in [1.82, 2.24) is 0 Å². The Morgan fingerprint density at radius 2 is 0.815 bits per heavy atom. The van der Waals surface area contributed by atoms with Crippen molar-refractivity contribution in [1.29, 1.82) is 0 Å². The molecule has 0 saturated heterocycles. The number of hydrogen-bond acceptors (Lipinski definition) is 3. The molecule has 0 unspecified atom stereocenters. The molecule has 9 aromatic rings. The molecule has 0 N–H and O–H groups in total. The predicted octanol–water partition coefficient (Wildman–Crippen LogP) is 11.4. The highest BCUT2D eigenvalue weighted by molar-refractivity contribution is 8.01. The fraction of sp³-hybridized carbons (Fsp3) is 0. The van der Waals surface area contributed by atoms with Crippen molar-refractivity contribution in [3.8, 4) is 11.1 Å². The number of fused-ring (bicyclic) bond motifs is 11. The minimum atomic E-state index is -2.57. The van der Waals surface area contributed by atoms with Gasteiger partial charge in [-0.2, -0.15) is 0 Å². The molecular weight excluding hydrogens is 707 g/mol. The third-order valence-corrected chi connectivity index (χ3v) is 19.1. The predicted molar refractivity (Wildman–Crippen MR) is 233 cm³/mol. The van der Waals surface area contributed by atoms with E-state index in [1.165, 1.54) is 78.7 Å². The van der Waals surface area contributed by atoms with Gasteiger partial charge in [-0.25, -0.2) is 0 Å². The van der Waals surface area contributed by atoms with Gasteiger partial charge in [0.05, 0.1) is 5.69 Å². The highest BCUT2D eigenvalue weighted by atomic mass is 32.2. The molecule has 2 aliphatic rings. The molecule has 0 aliphatic carbocycles. The second-order valence-electron chi connectivity index (χ2n) is 14.0. The van der Waals surface area contributed by atoms with E-state index in [1.54, 1.807) is 0 Å². The largest absolute Gasteiger partial charge is 0.310 e. The Labute approximate surface area is 325 Å². The van der Waals surface area contributed by atoms with Gasteiger partial charge in [0, 0.05) is 36.3 Å². The van der Waals surface area contributed by atoms with Gasteiger partial charge in [0.25, 0.3) is 0 Å². The lowest BCUT2D eigenvalue weighted by molar-refractivity contribution is 1.30. The second-order valence-corrected chi connectivity index (χ2v) is 19.9. The molecule has 1 spiro atoms. The summed E-state index contributed by atoms with van der Waals surface area (Å²) in [5, 5.41) is 11.0. The van der Waals surface area contributed by atoms with Crippen molar-refractivity contribution in [3.63, 3.8) is 0 Å². The van der Waals surface area contributed by atoms with Gasteiger partial charge in [-0.15, -0.1) is 0 Å². The molecule has 0 amide bonds. The Morgan fingerprint density at radius 1 is 0.333 bits per heavy atom. The van der Waals surface area contributed by atoms with Gasteiger partial charge < -0.3 is 4.90 Å². The van der Waals surface area contributed by atoms with Crippen LogP contribution in [0.2, 0.25) is 0 Å². The number of anilines is 3. The van der Waals surface area contributed by atoms with E-state index in [2.05, 4.69) is 205 Å². The lowest BCUT2D eigenvalue weighted by Crippen LogP contribution is -2.78. The van der Waals surface area contributed by atoms with Crippen LogP contribution < -0.4 is 25.6 Å². The van der Waals surface area contributed by atoms with E-state index in [9.17, 15) is 0 Å². The van der Waals surface area contributed by atoms with Gasteiger partial charge in [0.2, 0.25) is 0 Å². The molecule has 0 radical (unpaired) electrons. The van der Waals surface area contributed by atoms with Crippen molar-refractivity contribution >= 4 is 91.0 Å². The number of nitrogens with zero attached hydrogens (tertiary/aromatic N) is 1. The van der Waals surface area contributed by atoms with Gasteiger partial charge in [-0.05, 0) is 103 Å². The lowest BCUT2D eigenvalue weighted by Gasteiger charge is -2.43. The van der Waals surface area contributed by atoms with E-state index >= 15 is 0 Å². The zero-order valence-corrected chi connectivity index (χ0v) is 31.9. The summed E-state index contributed by atoms with van der Waals surface area (Å²) in [5.41, 5.74) is 5.90. The highest BCUT2D eigenvalue weighted by Gasteiger charge is 2.50. The topological polar surface area (TPSA) is 3.24 Å². The minimum absolute atomic E-state index is 1.13. The summed E-state index contributed by atoms with van der Waals surface area (Å²) in [4.78, 5) is 7.92. The van der Waals surface area contributed by atoms with Crippen LogP contribution in [-0.2, 0) is 0 Å². The van der Waals surface area contributed by atoms with Crippen LogP contribution >= 0.6 is 23.5 Å². The lowest BCUT2D eigenvalue weighted by atomic mass is 9.98. The maximum atomic E-state index is 2.47. The van der Waals surface area contributed by atoms with Crippen LogP contribution in [0.5, 0.6) is 0 Å². The summed E-state index contributed by atoms with van der Waals surface area (Å²) < 4.78 is 0. The number of benzene rings is 9. The average Bonchev–Trinajstić information content (AvgIpc) is 3.24. The van der Waals surface area contributed by atoms with E-state index in [0.29, 0.717) is 0 Å². The van der Waals surface area contributed by atoms with Gasteiger partial charge in [0.1, 0.15) is 0 Å². The maximum Gasteiger partial charge on any atom is 0.184 e. The zero-order chi connectivity index (χ0) is 35.6. The summed E-state index contributed by atoms with van der Waals surface area (Å²) >= 11 is 3.86. The second kappa shape index (κ2) is 12.7. The summed E-state index contributed by atoms with van der Waals surface area (Å²) in [6, 6.07) is 74.6. The van der Waals surface area contributed by atoms with Crippen molar-refractivity contribution in [3.05, 3.63) is 200 Å². The van der Waals surface area contributed by atoms with Gasteiger partial charge in [0.15, 0.2) is 8.07 Å². The quantitative estimate of drug-likeness (QED) is 0.131. The summed E-state index contributed by atoms with van der Waals surface area (Å²) in [7, 11) is -2.57. The first-order valence-electron chi connectivity index (χ1n) is 18.4. The third-order valence-electron chi connectivity index (χ3n) is 11.2. The van der Waals surface area contributed by atoms with Crippen LogP contribution in [0, 0.1) is 0 Å². The summed E-state index contributed by atoms with van der Waals surface area (Å²) in [6.45, 7) is 0. The first-order valence-corrected chi connectivity index (χ1v) is 22.1. The normalized spacial score (nSPS) is 13.6. The molecule has 0 atom stereocenters. The Kier molecular flexibility index (Phi) is 7.44. The Balaban J connectivity index is 1.06. The van der Waals surface area contributed by atoms with Crippen LogP contribution in [0.3, 0.4) is 0 Å². The van der Waals surface area contributed by atoms with Crippen LogP contribution in [-0.4, -0.2) is 8.07 Å². The molecule has 2 heterocycles. The first kappa shape index (κ1) is 31.7. The molecule has 2 aliphatic heterocycles. The fourth-order valence-corrected chi connectivity index (χ4v) is 18.0. The monoisotopic (exact) mass is 739 g/mol. The molecule has 254 valence electrons. The molecule has 0 bridgehead atoms. The molecule has 0 saturated carbocycles. The molecule has 9 aromatic carbocycles. The number of hydrogen-bond donors (Lipinski definition) is 0. The summed E-state index contributed by atoms with van der Waals surface area (Å²) in [6.07, 6.45) is 0. The average molecular weight is 740 g/mol. The van der Waals surface area contributed by atoms with Crippen LogP contribution in [0.4, 0.5) is 17.1 Å². The molecule has 11 rings (SSSR count). The third kappa shape index (κ3) is 4.81. The number of para-hydroxylation sites is 1. The van der Waals surface area contributed by atoms with Crippen molar-refractivity contribution in [2.75, 3.05) is 4.90 Å². The standard InChI is InChI=1S/C50H33NS2Si/c1-2-15-37(16-3-1)51(42-32-36-14-4-5-17-39(36)40-18-6-7-19-41(40)42)38-29-26-34(27-30-38)35-28-31-50-46(33-35)53-45-22-10-13-25-49(45)54(50)47-23-11-8-20-43(47)52-44-21-9-12-24-48(44)54/h1-33H.